The van der Waals surface area contributed by atoms with Gasteiger partial charge >= 0.3 is 6.03 Å². The van der Waals surface area contributed by atoms with Crippen molar-refractivity contribution in [2.45, 2.75) is 6.04 Å². The lowest BCUT2D eigenvalue weighted by atomic mass is 10.1. The SMILES string of the molecule is O=C(CO)N[C@@H](C(=O)NCCNC(=O)Nc1ncccn1)c1ccccc1. The van der Waals surface area contributed by atoms with Gasteiger partial charge in [-0.2, -0.15) is 0 Å². The first-order valence-electron chi connectivity index (χ1n) is 8.15. The third kappa shape index (κ3) is 6.71. The molecule has 0 saturated carbocycles. The van der Waals surface area contributed by atoms with Crippen molar-refractivity contribution in [3.05, 3.63) is 54.4 Å². The summed E-state index contributed by atoms with van der Waals surface area (Å²) in [5.74, 6) is -0.967. The summed E-state index contributed by atoms with van der Waals surface area (Å²) in [6.45, 7) is -0.431. The molecule has 0 spiro atoms. The Morgan fingerprint density at radius 2 is 1.63 bits per heavy atom. The zero-order valence-electron chi connectivity index (χ0n) is 14.4. The van der Waals surface area contributed by atoms with E-state index in [0.717, 1.165) is 0 Å². The molecule has 10 heteroatoms. The van der Waals surface area contributed by atoms with Crippen LogP contribution in [0.15, 0.2) is 48.8 Å². The van der Waals surface area contributed by atoms with Crippen LogP contribution in [0.4, 0.5) is 10.7 Å². The molecule has 1 atom stereocenters. The molecule has 0 unspecified atom stereocenters. The van der Waals surface area contributed by atoms with E-state index in [1.165, 1.54) is 12.4 Å². The molecule has 2 aromatic rings. The minimum absolute atomic E-state index is 0.139. The van der Waals surface area contributed by atoms with Crippen molar-refractivity contribution < 1.29 is 19.5 Å². The third-order valence-corrected chi connectivity index (χ3v) is 3.34. The number of benzene rings is 1. The molecule has 0 aliphatic heterocycles. The van der Waals surface area contributed by atoms with Crippen LogP contribution in [0.3, 0.4) is 0 Å². The van der Waals surface area contributed by atoms with E-state index in [0.29, 0.717) is 5.56 Å². The van der Waals surface area contributed by atoms with E-state index in [1.807, 2.05) is 0 Å². The molecule has 1 heterocycles. The number of rotatable bonds is 8. The normalized spacial score (nSPS) is 11.1. The zero-order valence-corrected chi connectivity index (χ0v) is 14.4. The quantitative estimate of drug-likeness (QED) is 0.397. The van der Waals surface area contributed by atoms with Gasteiger partial charge in [0.25, 0.3) is 0 Å². The predicted octanol–water partition coefficient (Wildman–Crippen LogP) is -0.436. The van der Waals surface area contributed by atoms with E-state index in [1.54, 1.807) is 36.4 Å². The Morgan fingerprint density at radius 1 is 0.963 bits per heavy atom. The van der Waals surface area contributed by atoms with Crippen LogP contribution >= 0.6 is 0 Å². The number of nitrogens with one attached hydrogen (secondary N) is 4. The number of aliphatic hydroxyl groups is 1. The number of aromatic nitrogens is 2. The van der Waals surface area contributed by atoms with Gasteiger partial charge in [0, 0.05) is 25.5 Å². The van der Waals surface area contributed by atoms with Crippen molar-refractivity contribution in [3.63, 3.8) is 0 Å². The number of nitrogens with zero attached hydrogens (tertiary/aromatic N) is 2. The summed E-state index contributed by atoms with van der Waals surface area (Å²) in [5.41, 5.74) is 0.573. The summed E-state index contributed by atoms with van der Waals surface area (Å²) in [5, 5.41) is 19.0. The molecule has 0 bridgehead atoms. The zero-order chi connectivity index (χ0) is 19.5. The molecule has 0 aliphatic carbocycles. The molecule has 2 rings (SSSR count). The number of urea groups is 1. The van der Waals surface area contributed by atoms with E-state index in [4.69, 9.17) is 5.11 Å². The molecular weight excluding hydrogens is 352 g/mol. The average molecular weight is 372 g/mol. The molecule has 5 N–H and O–H groups in total. The highest BCUT2D eigenvalue weighted by molar-refractivity contribution is 5.89. The van der Waals surface area contributed by atoms with Crippen molar-refractivity contribution in [2.75, 3.05) is 25.0 Å². The maximum Gasteiger partial charge on any atom is 0.321 e. The Morgan fingerprint density at radius 3 is 2.30 bits per heavy atom. The maximum absolute atomic E-state index is 12.4. The molecule has 0 fully saturated rings. The first-order valence-corrected chi connectivity index (χ1v) is 8.15. The van der Waals surface area contributed by atoms with Gasteiger partial charge in [-0.1, -0.05) is 30.3 Å². The number of carbonyl (C=O) groups excluding carboxylic acids is 3. The van der Waals surface area contributed by atoms with Gasteiger partial charge in [-0.25, -0.2) is 14.8 Å². The number of carbonyl (C=O) groups is 3. The fourth-order valence-electron chi connectivity index (χ4n) is 2.13. The third-order valence-electron chi connectivity index (χ3n) is 3.34. The van der Waals surface area contributed by atoms with Gasteiger partial charge in [0.15, 0.2) is 0 Å². The van der Waals surface area contributed by atoms with Crippen molar-refractivity contribution >= 4 is 23.8 Å². The monoisotopic (exact) mass is 372 g/mol. The summed E-state index contributed by atoms with van der Waals surface area (Å²) in [6.07, 6.45) is 2.99. The van der Waals surface area contributed by atoms with Crippen molar-refractivity contribution in [2.24, 2.45) is 0 Å². The van der Waals surface area contributed by atoms with Crippen LogP contribution in [-0.4, -0.2) is 52.6 Å². The van der Waals surface area contributed by atoms with Crippen molar-refractivity contribution in [3.8, 4) is 0 Å². The molecule has 0 radical (unpaired) electrons. The second-order valence-electron chi connectivity index (χ2n) is 5.31. The van der Waals surface area contributed by atoms with Gasteiger partial charge in [-0.05, 0) is 11.6 Å². The minimum atomic E-state index is -0.947. The number of hydrogen-bond donors (Lipinski definition) is 5. The van der Waals surface area contributed by atoms with Crippen LogP contribution in [-0.2, 0) is 9.59 Å². The smallest absolute Gasteiger partial charge is 0.321 e. The summed E-state index contributed by atoms with van der Waals surface area (Å²) >= 11 is 0. The lowest BCUT2D eigenvalue weighted by Gasteiger charge is -2.18. The topological polar surface area (TPSA) is 145 Å². The van der Waals surface area contributed by atoms with E-state index in [2.05, 4.69) is 31.2 Å². The van der Waals surface area contributed by atoms with Crippen LogP contribution in [0.2, 0.25) is 0 Å². The Labute approximate surface area is 155 Å². The van der Waals surface area contributed by atoms with Crippen LogP contribution < -0.4 is 21.3 Å². The molecule has 0 aliphatic rings. The summed E-state index contributed by atoms with van der Waals surface area (Å²) in [6, 6.07) is 8.79. The Bertz CT molecular complexity index is 757. The second-order valence-corrected chi connectivity index (χ2v) is 5.31. The largest absolute Gasteiger partial charge is 0.387 e. The van der Waals surface area contributed by atoms with Crippen LogP contribution in [0.1, 0.15) is 11.6 Å². The van der Waals surface area contributed by atoms with Crippen molar-refractivity contribution in [1.29, 1.82) is 0 Å². The number of amides is 4. The standard InChI is InChI=1S/C17H20N6O4/c24-11-13(25)22-14(12-5-2-1-3-6-12)15(26)18-9-10-21-17(27)23-16-19-7-4-8-20-16/h1-8,14,24H,9-11H2,(H,18,26)(H,22,25)(H2,19,20,21,23,27)/t14-/m1/s1. The van der Waals surface area contributed by atoms with E-state index >= 15 is 0 Å². The molecule has 1 aromatic carbocycles. The lowest BCUT2D eigenvalue weighted by Crippen LogP contribution is -2.44. The van der Waals surface area contributed by atoms with Gasteiger partial charge in [0.1, 0.15) is 12.6 Å². The van der Waals surface area contributed by atoms with Crippen LogP contribution in [0.5, 0.6) is 0 Å². The second kappa shape index (κ2) is 10.5. The summed E-state index contributed by atoms with van der Waals surface area (Å²) in [4.78, 5) is 43.3. The highest BCUT2D eigenvalue weighted by Gasteiger charge is 2.21. The number of hydrogen-bond acceptors (Lipinski definition) is 6. The molecule has 1 aromatic heterocycles. The van der Waals surface area contributed by atoms with Gasteiger partial charge in [-0.15, -0.1) is 0 Å². The first-order chi connectivity index (χ1) is 13.1. The minimum Gasteiger partial charge on any atom is -0.387 e. The molecule has 0 saturated heterocycles. The Balaban J connectivity index is 1.81. The molecule has 142 valence electrons. The van der Waals surface area contributed by atoms with Gasteiger partial charge in [0.05, 0.1) is 0 Å². The van der Waals surface area contributed by atoms with Gasteiger partial charge < -0.3 is 21.1 Å². The highest BCUT2D eigenvalue weighted by Crippen LogP contribution is 2.12. The Hall–Kier alpha value is -3.53. The number of anilines is 1. The molecule has 27 heavy (non-hydrogen) atoms. The van der Waals surface area contributed by atoms with Gasteiger partial charge in [0.2, 0.25) is 17.8 Å². The summed E-state index contributed by atoms with van der Waals surface area (Å²) in [7, 11) is 0. The summed E-state index contributed by atoms with van der Waals surface area (Å²) < 4.78 is 0. The Kier molecular flexibility index (Phi) is 7.67. The molecule has 4 amide bonds. The fourth-order valence-corrected chi connectivity index (χ4v) is 2.13. The van der Waals surface area contributed by atoms with Crippen LogP contribution in [0.25, 0.3) is 0 Å². The van der Waals surface area contributed by atoms with E-state index in [9.17, 15) is 14.4 Å². The van der Waals surface area contributed by atoms with Gasteiger partial charge in [-0.3, -0.25) is 14.9 Å². The molecular formula is C17H20N6O4. The van der Waals surface area contributed by atoms with Crippen LogP contribution in [0, 0.1) is 0 Å². The van der Waals surface area contributed by atoms with E-state index < -0.39 is 30.5 Å². The first kappa shape index (κ1) is 19.8. The number of aliphatic hydroxyl groups excluding tert-OH is 1. The van der Waals surface area contributed by atoms with E-state index in [-0.39, 0.29) is 19.0 Å². The highest BCUT2D eigenvalue weighted by atomic mass is 16.3. The van der Waals surface area contributed by atoms with Crippen molar-refractivity contribution in [1.82, 2.24) is 25.9 Å². The maximum atomic E-state index is 12.4. The average Bonchev–Trinajstić information content (AvgIpc) is 2.70. The molecule has 10 nitrogen and oxygen atoms in total. The fraction of sp³-hybridized carbons (Fsp3) is 0.235. The lowest BCUT2D eigenvalue weighted by molar-refractivity contribution is -0.130. The predicted molar refractivity (Wildman–Crippen MR) is 96.5 cm³/mol.